The third kappa shape index (κ3) is 3.51. The van der Waals surface area contributed by atoms with E-state index in [-0.39, 0.29) is 16.6 Å². The Morgan fingerprint density at radius 1 is 1.57 bits per heavy atom. The molecule has 0 aliphatic heterocycles. The van der Waals surface area contributed by atoms with Crippen LogP contribution >= 0.6 is 11.6 Å². The number of carbonyl (C=O) groups is 1. The van der Waals surface area contributed by atoms with Crippen molar-refractivity contribution >= 4 is 28.9 Å². The summed E-state index contributed by atoms with van der Waals surface area (Å²) in [4.78, 5) is 22.6. The highest BCUT2D eigenvalue weighted by Crippen LogP contribution is 2.32. The molecule has 6 nitrogen and oxygen atoms in total. The number of halogens is 1. The highest BCUT2D eigenvalue weighted by atomic mass is 35.5. The van der Waals surface area contributed by atoms with Crippen molar-refractivity contribution in [2.24, 2.45) is 11.7 Å². The van der Waals surface area contributed by atoms with E-state index in [0.29, 0.717) is 24.4 Å². The number of benzene rings is 1. The van der Waals surface area contributed by atoms with Crippen molar-refractivity contribution in [2.75, 3.05) is 5.32 Å². The maximum atomic E-state index is 12.4. The van der Waals surface area contributed by atoms with Gasteiger partial charge in [-0.05, 0) is 30.9 Å². The standard InChI is InChI=1S/C14H18ClN3O3/c1-9-3-2-6-14(16,8-9)13(19)17-10-4-5-11(15)12(7-10)18(20)21/h4-5,7,9H,2-3,6,8,16H2,1H3,(H,17,19). The van der Waals surface area contributed by atoms with Crippen LogP contribution in [0.1, 0.15) is 32.6 Å². The van der Waals surface area contributed by atoms with E-state index in [0.717, 1.165) is 12.8 Å². The SMILES string of the molecule is CC1CCCC(N)(C(=O)Nc2ccc(Cl)c([N+](=O)[O-])c2)C1. The minimum absolute atomic E-state index is 0.0340. The average Bonchev–Trinajstić information content (AvgIpc) is 2.40. The van der Waals surface area contributed by atoms with Crippen LogP contribution in [0.3, 0.4) is 0 Å². The van der Waals surface area contributed by atoms with Crippen LogP contribution in [0, 0.1) is 16.0 Å². The summed E-state index contributed by atoms with van der Waals surface area (Å²) in [7, 11) is 0. The first-order chi connectivity index (χ1) is 9.82. The lowest BCUT2D eigenvalue weighted by Gasteiger charge is -2.35. The number of hydrogen-bond acceptors (Lipinski definition) is 4. The molecular weight excluding hydrogens is 294 g/mol. The van der Waals surface area contributed by atoms with Crippen LogP contribution in [0.2, 0.25) is 5.02 Å². The van der Waals surface area contributed by atoms with Gasteiger partial charge in [-0.1, -0.05) is 31.4 Å². The molecule has 114 valence electrons. The molecule has 1 aliphatic carbocycles. The molecule has 7 heteroatoms. The number of rotatable bonds is 3. The molecule has 2 unspecified atom stereocenters. The number of nitro groups is 1. The molecule has 1 aromatic rings. The maximum Gasteiger partial charge on any atom is 0.289 e. The Morgan fingerprint density at radius 2 is 2.29 bits per heavy atom. The van der Waals surface area contributed by atoms with Crippen LogP contribution in [0.15, 0.2) is 18.2 Å². The Labute approximate surface area is 127 Å². The lowest BCUT2D eigenvalue weighted by atomic mass is 9.76. The van der Waals surface area contributed by atoms with E-state index in [9.17, 15) is 14.9 Å². The summed E-state index contributed by atoms with van der Waals surface area (Å²) in [5.41, 5.74) is 5.38. The first-order valence-corrected chi connectivity index (χ1v) is 7.24. The predicted octanol–water partition coefficient (Wildman–Crippen LogP) is 3.09. The van der Waals surface area contributed by atoms with Gasteiger partial charge in [0.1, 0.15) is 5.02 Å². The molecule has 1 amide bonds. The van der Waals surface area contributed by atoms with E-state index in [2.05, 4.69) is 12.2 Å². The van der Waals surface area contributed by atoms with Crippen molar-refractivity contribution in [2.45, 2.75) is 38.1 Å². The van der Waals surface area contributed by atoms with Gasteiger partial charge in [-0.15, -0.1) is 0 Å². The Bertz CT molecular complexity index is 579. The number of nitrogens with zero attached hydrogens (tertiary/aromatic N) is 1. The van der Waals surface area contributed by atoms with Crippen LogP contribution in [0.4, 0.5) is 11.4 Å². The Hall–Kier alpha value is -1.66. The first-order valence-electron chi connectivity index (χ1n) is 6.86. The average molecular weight is 312 g/mol. The van der Waals surface area contributed by atoms with Crippen molar-refractivity contribution in [3.8, 4) is 0 Å². The number of nitro benzene ring substituents is 1. The number of amides is 1. The van der Waals surface area contributed by atoms with Crippen molar-refractivity contribution < 1.29 is 9.72 Å². The molecule has 2 atom stereocenters. The van der Waals surface area contributed by atoms with Crippen LogP contribution in [0.25, 0.3) is 0 Å². The molecule has 21 heavy (non-hydrogen) atoms. The van der Waals surface area contributed by atoms with Gasteiger partial charge in [-0.2, -0.15) is 0 Å². The second kappa shape index (κ2) is 5.99. The van der Waals surface area contributed by atoms with Gasteiger partial charge in [0.05, 0.1) is 10.5 Å². The number of hydrogen-bond donors (Lipinski definition) is 2. The lowest BCUT2D eigenvalue weighted by molar-refractivity contribution is -0.384. The second-order valence-electron chi connectivity index (χ2n) is 5.74. The van der Waals surface area contributed by atoms with Gasteiger partial charge in [0.15, 0.2) is 0 Å². The van der Waals surface area contributed by atoms with Crippen LogP contribution < -0.4 is 11.1 Å². The normalized spacial score (nSPS) is 25.4. The van der Waals surface area contributed by atoms with Gasteiger partial charge in [0, 0.05) is 11.8 Å². The third-order valence-electron chi connectivity index (χ3n) is 3.89. The Balaban J connectivity index is 2.16. The van der Waals surface area contributed by atoms with E-state index >= 15 is 0 Å². The molecule has 2 rings (SSSR count). The van der Waals surface area contributed by atoms with E-state index in [4.69, 9.17) is 17.3 Å². The van der Waals surface area contributed by atoms with Crippen molar-refractivity contribution in [1.29, 1.82) is 0 Å². The summed E-state index contributed by atoms with van der Waals surface area (Å²) in [6, 6.07) is 4.17. The third-order valence-corrected chi connectivity index (χ3v) is 4.21. The monoisotopic (exact) mass is 311 g/mol. The fourth-order valence-electron chi connectivity index (χ4n) is 2.78. The molecule has 1 aliphatic rings. The summed E-state index contributed by atoms with van der Waals surface area (Å²) in [5, 5.41) is 13.6. The summed E-state index contributed by atoms with van der Waals surface area (Å²) in [6.45, 7) is 2.07. The predicted molar refractivity (Wildman–Crippen MR) is 81.3 cm³/mol. The topological polar surface area (TPSA) is 98.3 Å². The molecule has 0 saturated heterocycles. The zero-order valence-corrected chi connectivity index (χ0v) is 12.5. The second-order valence-corrected chi connectivity index (χ2v) is 6.14. The van der Waals surface area contributed by atoms with E-state index < -0.39 is 10.5 Å². The van der Waals surface area contributed by atoms with Crippen LogP contribution in [0.5, 0.6) is 0 Å². The number of nitrogens with one attached hydrogen (secondary N) is 1. The molecule has 1 aromatic carbocycles. The van der Waals surface area contributed by atoms with Crippen LogP contribution in [-0.4, -0.2) is 16.4 Å². The minimum atomic E-state index is -0.911. The van der Waals surface area contributed by atoms with E-state index in [1.54, 1.807) is 0 Å². The first kappa shape index (κ1) is 15.7. The molecule has 0 bridgehead atoms. The van der Waals surface area contributed by atoms with Crippen molar-refractivity contribution in [1.82, 2.24) is 0 Å². The molecule has 1 saturated carbocycles. The molecule has 1 fully saturated rings. The Kier molecular flexibility index (Phi) is 4.49. The zero-order chi connectivity index (χ0) is 15.6. The van der Waals surface area contributed by atoms with Crippen molar-refractivity contribution in [3.63, 3.8) is 0 Å². The molecule has 3 N–H and O–H groups in total. The van der Waals surface area contributed by atoms with E-state index in [1.165, 1.54) is 18.2 Å². The largest absolute Gasteiger partial charge is 0.324 e. The van der Waals surface area contributed by atoms with Crippen molar-refractivity contribution in [3.05, 3.63) is 33.3 Å². The molecule has 0 aromatic heterocycles. The van der Waals surface area contributed by atoms with Gasteiger partial charge in [-0.3, -0.25) is 14.9 Å². The fourth-order valence-corrected chi connectivity index (χ4v) is 2.97. The zero-order valence-electron chi connectivity index (χ0n) is 11.8. The molecule has 0 heterocycles. The summed E-state index contributed by atoms with van der Waals surface area (Å²) in [6.07, 6.45) is 3.22. The van der Waals surface area contributed by atoms with Crippen LogP contribution in [-0.2, 0) is 4.79 Å². The lowest BCUT2D eigenvalue weighted by Crippen LogP contribution is -2.53. The highest BCUT2D eigenvalue weighted by molar-refractivity contribution is 6.32. The minimum Gasteiger partial charge on any atom is -0.324 e. The van der Waals surface area contributed by atoms with Gasteiger partial charge >= 0.3 is 0 Å². The number of carbonyl (C=O) groups excluding carboxylic acids is 1. The number of anilines is 1. The summed E-state index contributed by atoms with van der Waals surface area (Å²) >= 11 is 5.74. The molecular formula is C14H18ClN3O3. The van der Waals surface area contributed by atoms with Gasteiger partial charge in [0.2, 0.25) is 5.91 Å². The quantitative estimate of drug-likeness (QED) is 0.662. The van der Waals surface area contributed by atoms with Gasteiger partial charge in [-0.25, -0.2) is 0 Å². The smallest absolute Gasteiger partial charge is 0.289 e. The maximum absolute atomic E-state index is 12.4. The summed E-state index contributed by atoms with van der Waals surface area (Å²) < 4.78 is 0. The highest BCUT2D eigenvalue weighted by Gasteiger charge is 2.38. The fraction of sp³-hybridized carbons (Fsp3) is 0.500. The number of nitrogens with two attached hydrogens (primary N) is 1. The van der Waals surface area contributed by atoms with Gasteiger partial charge in [0.25, 0.3) is 5.69 Å². The van der Waals surface area contributed by atoms with Gasteiger partial charge < -0.3 is 11.1 Å². The molecule has 0 radical (unpaired) electrons. The molecule has 0 spiro atoms. The van der Waals surface area contributed by atoms with E-state index in [1.807, 2.05) is 0 Å². The Morgan fingerprint density at radius 3 is 2.90 bits per heavy atom. The summed E-state index contributed by atoms with van der Waals surface area (Å²) in [5.74, 6) is 0.0970.